The Balaban J connectivity index is 2.07. The molecular formula is C13H22BrNS. The Morgan fingerprint density at radius 3 is 2.69 bits per heavy atom. The van der Waals surface area contributed by atoms with Gasteiger partial charge in [-0.25, -0.2) is 0 Å². The lowest BCUT2D eigenvalue weighted by Gasteiger charge is -2.06. The molecule has 1 aromatic rings. The molecule has 0 fully saturated rings. The Labute approximate surface area is 112 Å². The normalized spacial score (nSPS) is 11.3. The van der Waals surface area contributed by atoms with E-state index in [1.54, 1.807) is 0 Å². The third kappa shape index (κ3) is 5.46. The summed E-state index contributed by atoms with van der Waals surface area (Å²) < 4.78 is 1.27. The number of unbranched alkanes of at least 4 members (excludes halogenated alkanes) is 1. The van der Waals surface area contributed by atoms with E-state index in [0.717, 1.165) is 19.0 Å². The number of halogens is 1. The number of hydrogen-bond acceptors (Lipinski definition) is 2. The predicted molar refractivity (Wildman–Crippen MR) is 77.4 cm³/mol. The molecule has 0 radical (unpaired) electrons. The van der Waals surface area contributed by atoms with E-state index in [1.165, 1.54) is 33.5 Å². The fraction of sp³-hybridized carbons (Fsp3) is 0.692. The summed E-state index contributed by atoms with van der Waals surface area (Å²) in [4.78, 5) is 2.90. The van der Waals surface area contributed by atoms with Crippen LogP contribution in [0.25, 0.3) is 0 Å². The van der Waals surface area contributed by atoms with Crippen LogP contribution in [0.1, 0.15) is 36.4 Å². The van der Waals surface area contributed by atoms with Gasteiger partial charge in [0.15, 0.2) is 0 Å². The van der Waals surface area contributed by atoms with Crippen molar-refractivity contribution >= 4 is 27.3 Å². The van der Waals surface area contributed by atoms with Crippen LogP contribution >= 0.6 is 27.3 Å². The lowest BCUT2D eigenvalue weighted by Crippen LogP contribution is -2.20. The highest BCUT2D eigenvalue weighted by atomic mass is 79.9. The lowest BCUT2D eigenvalue weighted by molar-refractivity contribution is 0.536. The lowest BCUT2D eigenvalue weighted by atomic mass is 10.2. The van der Waals surface area contributed by atoms with Gasteiger partial charge in [0.1, 0.15) is 0 Å². The van der Waals surface area contributed by atoms with Gasteiger partial charge in [0.2, 0.25) is 0 Å². The van der Waals surface area contributed by atoms with E-state index in [-0.39, 0.29) is 0 Å². The highest BCUT2D eigenvalue weighted by Crippen LogP contribution is 2.27. The third-order valence-corrected chi connectivity index (χ3v) is 4.68. The summed E-state index contributed by atoms with van der Waals surface area (Å²) in [6, 6.07) is 2.27. The van der Waals surface area contributed by atoms with Crippen molar-refractivity contribution in [2.45, 2.75) is 40.0 Å². The van der Waals surface area contributed by atoms with E-state index in [2.05, 4.69) is 48.1 Å². The van der Waals surface area contributed by atoms with Crippen molar-refractivity contribution in [3.63, 3.8) is 0 Å². The second-order valence-electron chi connectivity index (χ2n) is 4.67. The second-order valence-corrected chi connectivity index (χ2v) is 6.87. The Morgan fingerprint density at radius 1 is 1.38 bits per heavy atom. The molecule has 1 heterocycles. The van der Waals surface area contributed by atoms with Crippen molar-refractivity contribution in [1.29, 1.82) is 0 Å². The zero-order chi connectivity index (χ0) is 12.0. The smallest absolute Gasteiger partial charge is 0.0314 e. The molecule has 1 aromatic heterocycles. The molecule has 16 heavy (non-hydrogen) atoms. The van der Waals surface area contributed by atoms with Crippen molar-refractivity contribution in [1.82, 2.24) is 5.32 Å². The van der Waals surface area contributed by atoms with E-state index in [4.69, 9.17) is 0 Å². The fourth-order valence-corrected chi connectivity index (χ4v) is 3.22. The van der Waals surface area contributed by atoms with E-state index in [1.807, 2.05) is 11.3 Å². The van der Waals surface area contributed by atoms with Crippen LogP contribution in [0.2, 0.25) is 0 Å². The van der Waals surface area contributed by atoms with E-state index in [9.17, 15) is 0 Å². The third-order valence-electron chi connectivity index (χ3n) is 2.49. The van der Waals surface area contributed by atoms with Gasteiger partial charge >= 0.3 is 0 Å². The standard InChI is InChI=1S/C13H22BrNS/c1-10(2)9-15-7-5-4-6-12-8-13(14)11(3)16-12/h8,10,15H,4-7,9H2,1-3H3. The van der Waals surface area contributed by atoms with Crippen molar-refractivity contribution in [3.05, 3.63) is 20.3 Å². The molecule has 1 nitrogen and oxygen atoms in total. The van der Waals surface area contributed by atoms with Crippen LogP contribution in [0.5, 0.6) is 0 Å². The van der Waals surface area contributed by atoms with Crippen LogP contribution < -0.4 is 5.32 Å². The van der Waals surface area contributed by atoms with Crippen molar-refractivity contribution in [2.75, 3.05) is 13.1 Å². The van der Waals surface area contributed by atoms with Crippen molar-refractivity contribution in [3.8, 4) is 0 Å². The fourth-order valence-electron chi connectivity index (χ4n) is 1.58. The molecule has 92 valence electrons. The van der Waals surface area contributed by atoms with Gasteiger partial charge in [-0.05, 0) is 67.2 Å². The molecule has 1 rings (SSSR count). The number of nitrogens with one attached hydrogen (secondary N) is 1. The Kier molecular flexibility index (Phi) is 6.62. The monoisotopic (exact) mass is 303 g/mol. The van der Waals surface area contributed by atoms with E-state index < -0.39 is 0 Å². The number of rotatable bonds is 7. The molecule has 0 saturated carbocycles. The molecule has 1 N–H and O–H groups in total. The molecule has 0 aromatic carbocycles. The molecule has 0 aliphatic rings. The number of thiophene rings is 1. The van der Waals surface area contributed by atoms with Crippen LogP contribution in [0, 0.1) is 12.8 Å². The van der Waals surface area contributed by atoms with Gasteiger partial charge in [0.25, 0.3) is 0 Å². The quantitative estimate of drug-likeness (QED) is 0.737. The minimum Gasteiger partial charge on any atom is -0.316 e. The summed E-state index contributed by atoms with van der Waals surface area (Å²) in [5.41, 5.74) is 0. The maximum Gasteiger partial charge on any atom is 0.0314 e. The molecule has 0 spiro atoms. The minimum absolute atomic E-state index is 0.760. The first-order valence-corrected chi connectivity index (χ1v) is 7.66. The minimum atomic E-state index is 0.760. The highest BCUT2D eigenvalue weighted by molar-refractivity contribution is 9.10. The Hall–Kier alpha value is 0.140. The molecule has 0 aliphatic carbocycles. The Bertz CT molecular complexity index is 287. The van der Waals surface area contributed by atoms with Gasteiger partial charge in [-0.2, -0.15) is 0 Å². The molecule has 0 atom stereocenters. The van der Waals surface area contributed by atoms with Gasteiger partial charge in [0, 0.05) is 14.2 Å². The van der Waals surface area contributed by atoms with Gasteiger partial charge < -0.3 is 5.32 Å². The van der Waals surface area contributed by atoms with Crippen LogP contribution in [-0.4, -0.2) is 13.1 Å². The van der Waals surface area contributed by atoms with E-state index in [0.29, 0.717) is 0 Å². The number of aryl methyl sites for hydroxylation is 2. The zero-order valence-electron chi connectivity index (χ0n) is 10.5. The molecule has 0 saturated heterocycles. The van der Waals surface area contributed by atoms with Crippen LogP contribution in [0.15, 0.2) is 10.5 Å². The highest BCUT2D eigenvalue weighted by Gasteiger charge is 2.02. The van der Waals surface area contributed by atoms with Crippen molar-refractivity contribution < 1.29 is 0 Å². The average Bonchev–Trinajstić information content (AvgIpc) is 2.52. The first-order valence-electron chi connectivity index (χ1n) is 6.05. The van der Waals surface area contributed by atoms with Crippen LogP contribution in [0.3, 0.4) is 0 Å². The maximum atomic E-state index is 3.56. The molecule has 3 heteroatoms. The summed E-state index contributed by atoms with van der Waals surface area (Å²) >= 11 is 5.48. The topological polar surface area (TPSA) is 12.0 Å². The molecule has 0 bridgehead atoms. The van der Waals surface area contributed by atoms with E-state index >= 15 is 0 Å². The summed E-state index contributed by atoms with van der Waals surface area (Å²) in [6.45, 7) is 8.97. The summed E-state index contributed by atoms with van der Waals surface area (Å²) in [6.07, 6.45) is 3.79. The van der Waals surface area contributed by atoms with Gasteiger partial charge in [0.05, 0.1) is 0 Å². The average molecular weight is 304 g/mol. The first-order chi connectivity index (χ1) is 7.59. The molecule has 0 aliphatic heterocycles. The second kappa shape index (κ2) is 7.46. The SMILES string of the molecule is Cc1sc(CCCCNCC(C)C)cc1Br. The molecule has 0 unspecified atom stereocenters. The predicted octanol–water partition coefficient (Wildman–Crippen LogP) is 4.39. The molecular weight excluding hydrogens is 282 g/mol. The van der Waals surface area contributed by atoms with Gasteiger partial charge in [-0.15, -0.1) is 11.3 Å². The van der Waals surface area contributed by atoms with Gasteiger partial charge in [-0.3, -0.25) is 0 Å². The van der Waals surface area contributed by atoms with Crippen molar-refractivity contribution in [2.24, 2.45) is 5.92 Å². The summed E-state index contributed by atoms with van der Waals surface area (Å²) in [7, 11) is 0. The zero-order valence-corrected chi connectivity index (χ0v) is 12.9. The maximum absolute atomic E-state index is 3.56. The molecule has 0 amide bonds. The summed E-state index contributed by atoms with van der Waals surface area (Å²) in [5, 5.41) is 3.48. The number of hydrogen-bond donors (Lipinski definition) is 1. The van der Waals surface area contributed by atoms with Gasteiger partial charge in [-0.1, -0.05) is 13.8 Å². The van der Waals surface area contributed by atoms with Crippen LogP contribution in [-0.2, 0) is 6.42 Å². The Morgan fingerprint density at radius 2 is 2.12 bits per heavy atom. The van der Waals surface area contributed by atoms with Crippen LogP contribution in [0.4, 0.5) is 0 Å². The largest absolute Gasteiger partial charge is 0.316 e. The summed E-state index contributed by atoms with van der Waals surface area (Å²) in [5.74, 6) is 0.760. The first kappa shape index (κ1) is 14.2.